The average molecular weight is 496 g/mol. The Morgan fingerprint density at radius 3 is 2.74 bits per heavy atom. The van der Waals surface area contributed by atoms with Crippen molar-refractivity contribution in [1.82, 2.24) is 19.9 Å². The lowest BCUT2D eigenvalue weighted by Crippen LogP contribution is -2.40. The summed E-state index contributed by atoms with van der Waals surface area (Å²) in [6, 6.07) is 14.5. The molecule has 1 aliphatic rings. The van der Waals surface area contributed by atoms with Crippen LogP contribution < -0.4 is 5.32 Å². The van der Waals surface area contributed by atoms with Crippen LogP contribution in [0.4, 0.5) is 5.69 Å². The molecule has 0 spiro atoms. The molecule has 3 aromatic rings. The number of para-hydroxylation sites is 1. The highest BCUT2D eigenvalue weighted by atomic mass is 35.5. The number of likely N-dealkylation sites (tertiary alicyclic amines) is 1. The molecule has 1 saturated heterocycles. The Balaban J connectivity index is 1.39. The minimum Gasteiger partial charge on any atom is -0.339 e. The first kappa shape index (κ1) is 24.9. The van der Waals surface area contributed by atoms with Crippen molar-refractivity contribution in [1.29, 1.82) is 0 Å². The number of hydrogen-bond donors (Lipinski definition) is 1. The highest BCUT2D eigenvalue weighted by Gasteiger charge is 2.28. The van der Waals surface area contributed by atoms with Crippen LogP contribution in [0.3, 0.4) is 0 Å². The van der Waals surface area contributed by atoms with Gasteiger partial charge in [-0.3, -0.25) is 14.5 Å². The van der Waals surface area contributed by atoms with Gasteiger partial charge < -0.3 is 14.7 Å². The molecular formula is C26H30ClN5O3. The van der Waals surface area contributed by atoms with E-state index in [9.17, 15) is 9.59 Å². The molecule has 8 nitrogen and oxygen atoms in total. The molecule has 35 heavy (non-hydrogen) atoms. The Morgan fingerprint density at radius 1 is 1.17 bits per heavy atom. The number of anilines is 1. The Bertz CT molecular complexity index is 1180. The van der Waals surface area contributed by atoms with E-state index in [1.54, 1.807) is 29.2 Å². The van der Waals surface area contributed by atoms with Crippen molar-refractivity contribution in [2.24, 2.45) is 5.92 Å². The number of hydrogen-bond acceptors (Lipinski definition) is 6. The number of nitrogens with zero attached hydrogens (tertiary/aromatic N) is 4. The van der Waals surface area contributed by atoms with Crippen molar-refractivity contribution in [2.45, 2.75) is 33.2 Å². The number of amides is 2. The smallest absolute Gasteiger partial charge is 0.255 e. The minimum atomic E-state index is -0.198. The lowest BCUT2D eigenvalue weighted by molar-refractivity contribution is -0.121. The highest BCUT2D eigenvalue weighted by Crippen LogP contribution is 2.24. The maximum Gasteiger partial charge on any atom is 0.255 e. The van der Waals surface area contributed by atoms with Crippen LogP contribution in [0.2, 0.25) is 5.02 Å². The number of carbonyl (C=O) groups is 2. The zero-order valence-corrected chi connectivity index (χ0v) is 20.8. The third-order valence-electron chi connectivity index (χ3n) is 6.25. The maximum atomic E-state index is 13.1. The van der Waals surface area contributed by atoms with Crippen molar-refractivity contribution < 1.29 is 14.1 Å². The zero-order chi connectivity index (χ0) is 24.8. The molecule has 1 fully saturated rings. The van der Waals surface area contributed by atoms with Gasteiger partial charge in [-0.25, -0.2) is 0 Å². The fraction of sp³-hybridized carbons (Fsp3) is 0.385. The van der Waals surface area contributed by atoms with E-state index in [1.807, 2.05) is 38.1 Å². The third kappa shape index (κ3) is 6.07. The summed E-state index contributed by atoms with van der Waals surface area (Å²) < 4.78 is 5.45. The van der Waals surface area contributed by atoms with Crippen molar-refractivity contribution in [2.75, 3.05) is 31.5 Å². The van der Waals surface area contributed by atoms with Crippen LogP contribution in [-0.2, 0) is 11.3 Å². The Hall–Kier alpha value is -3.23. The number of nitrogens with one attached hydrogen (secondary N) is 1. The van der Waals surface area contributed by atoms with Crippen LogP contribution in [0.25, 0.3) is 11.4 Å². The molecule has 1 aromatic heterocycles. The zero-order valence-electron chi connectivity index (χ0n) is 20.0. The molecular weight excluding hydrogens is 466 g/mol. The van der Waals surface area contributed by atoms with Gasteiger partial charge in [0.2, 0.25) is 17.6 Å². The summed E-state index contributed by atoms with van der Waals surface area (Å²) in [5, 5.41) is 7.68. The molecule has 2 heterocycles. The van der Waals surface area contributed by atoms with E-state index in [0.717, 1.165) is 24.9 Å². The van der Waals surface area contributed by atoms with Crippen LogP contribution in [0.5, 0.6) is 0 Å². The number of halogens is 1. The topological polar surface area (TPSA) is 91.6 Å². The second-order valence-electron chi connectivity index (χ2n) is 8.61. The number of carbonyl (C=O) groups excluding carboxylic acids is 2. The van der Waals surface area contributed by atoms with Gasteiger partial charge in [-0.15, -0.1) is 0 Å². The fourth-order valence-electron chi connectivity index (χ4n) is 4.36. The SMILES string of the molecule is CCN(CC)C(=O)c1ccccc1NC(=O)C1CCCN(Cc2nc(-c3cccc(Cl)c3)no2)C1. The van der Waals surface area contributed by atoms with Crippen LogP contribution in [0.15, 0.2) is 53.1 Å². The second kappa shape index (κ2) is 11.5. The van der Waals surface area contributed by atoms with E-state index in [0.29, 0.717) is 54.2 Å². The molecule has 9 heteroatoms. The molecule has 0 aliphatic carbocycles. The molecule has 1 aliphatic heterocycles. The molecule has 0 radical (unpaired) electrons. The van der Waals surface area contributed by atoms with Gasteiger partial charge in [-0.2, -0.15) is 4.98 Å². The van der Waals surface area contributed by atoms with Crippen LogP contribution >= 0.6 is 11.6 Å². The summed E-state index contributed by atoms with van der Waals surface area (Å²) in [7, 11) is 0. The van der Waals surface area contributed by atoms with Crippen LogP contribution in [0, 0.1) is 5.92 Å². The van der Waals surface area contributed by atoms with E-state index < -0.39 is 0 Å². The Morgan fingerprint density at radius 2 is 1.97 bits per heavy atom. The van der Waals surface area contributed by atoms with E-state index in [1.165, 1.54) is 0 Å². The first-order valence-electron chi connectivity index (χ1n) is 12.0. The van der Waals surface area contributed by atoms with Crippen molar-refractivity contribution in [3.8, 4) is 11.4 Å². The molecule has 0 saturated carbocycles. The number of rotatable bonds is 8. The van der Waals surface area contributed by atoms with Gasteiger partial charge in [0.1, 0.15) is 0 Å². The first-order valence-corrected chi connectivity index (χ1v) is 12.4. The van der Waals surface area contributed by atoms with Crippen LogP contribution in [0.1, 0.15) is 42.9 Å². The van der Waals surface area contributed by atoms with Crippen molar-refractivity contribution in [3.63, 3.8) is 0 Å². The quantitative estimate of drug-likeness (QED) is 0.486. The first-order chi connectivity index (χ1) is 17.0. The lowest BCUT2D eigenvalue weighted by Gasteiger charge is -2.31. The number of piperidine rings is 1. The van der Waals surface area contributed by atoms with Gasteiger partial charge in [-0.05, 0) is 57.5 Å². The monoisotopic (exact) mass is 495 g/mol. The molecule has 1 atom stereocenters. The predicted molar refractivity (Wildman–Crippen MR) is 135 cm³/mol. The summed E-state index contributed by atoms with van der Waals surface area (Å²) >= 11 is 6.06. The summed E-state index contributed by atoms with van der Waals surface area (Å²) in [5.74, 6) is 0.623. The summed E-state index contributed by atoms with van der Waals surface area (Å²) in [5.41, 5.74) is 1.85. The molecule has 1 unspecified atom stereocenters. The average Bonchev–Trinajstić information content (AvgIpc) is 3.33. The molecule has 1 N–H and O–H groups in total. The predicted octanol–water partition coefficient (Wildman–Crippen LogP) is 4.72. The minimum absolute atomic E-state index is 0.0805. The molecule has 184 valence electrons. The number of benzene rings is 2. The van der Waals surface area contributed by atoms with Crippen LogP contribution in [-0.4, -0.2) is 57.9 Å². The van der Waals surface area contributed by atoms with Gasteiger partial charge in [-0.1, -0.05) is 41.0 Å². The van der Waals surface area contributed by atoms with Gasteiger partial charge in [0.15, 0.2) is 0 Å². The number of aromatic nitrogens is 2. The van der Waals surface area contributed by atoms with E-state index >= 15 is 0 Å². The normalized spacial score (nSPS) is 16.1. The standard InChI is InChI=1S/C26H30ClN5O3/c1-3-32(4-2)26(34)21-12-5-6-13-22(21)28-25(33)19-10-8-14-31(16-19)17-23-29-24(30-35-23)18-9-7-11-20(27)15-18/h5-7,9,11-13,15,19H,3-4,8,10,14,16-17H2,1-2H3,(H,28,33). The molecule has 0 bridgehead atoms. The lowest BCUT2D eigenvalue weighted by atomic mass is 9.96. The summed E-state index contributed by atoms with van der Waals surface area (Å²) in [6.45, 7) is 7.01. The highest BCUT2D eigenvalue weighted by molar-refractivity contribution is 6.30. The second-order valence-corrected chi connectivity index (χ2v) is 9.05. The molecule has 2 amide bonds. The van der Waals surface area contributed by atoms with E-state index in [2.05, 4.69) is 20.4 Å². The van der Waals surface area contributed by atoms with Gasteiger partial charge in [0, 0.05) is 30.2 Å². The fourth-order valence-corrected chi connectivity index (χ4v) is 4.55. The Labute approximate surface area is 210 Å². The largest absolute Gasteiger partial charge is 0.339 e. The molecule has 4 rings (SSSR count). The summed E-state index contributed by atoms with van der Waals surface area (Å²) in [6.07, 6.45) is 1.67. The van der Waals surface area contributed by atoms with E-state index in [-0.39, 0.29) is 17.7 Å². The van der Waals surface area contributed by atoms with Gasteiger partial charge in [0.25, 0.3) is 5.91 Å². The third-order valence-corrected chi connectivity index (χ3v) is 6.49. The van der Waals surface area contributed by atoms with Gasteiger partial charge in [0.05, 0.1) is 23.7 Å². The van der Waals surface area contributed by atoms with E-state index in [4.69, 9.17) is 16.1 Å². The van der Waals surface area contributed by atoms with Crippen molar-refractivity contribution >= 4 is 29.1 Å². The summed E-state index contributed by atoms with van der Waals surface area (Å²) in [4.78, 5) is 34.4. The Kier molecular flexibility index (Phi) is 8.15. The van der Waals surface area contributed by atoms with Gasteiger partial charge >= 0.3 is 0 Å². The molecule has 2 aromatic carbocycles. The van der Waals surface area contributed by atoms with Crippen molar-refractivity contribution in [3.05, 3.63) is 65.0 Å². The maximum absolute atomic E-state index is 13.1.